The summed E-state index contributed by atoms with van der Waals surface area (Å²) in [4.78, 5) is 26.0. The second-order valence-corrected chi connectivity index (χ2v) is 8.41. The number of benzene rings is 1. The van der Waals surface area contributed by atoms with E-state index in [0.29, 0.717) is 9.99 Å². The molecule has 1 aliphatic rings. The van der Waals surface area contributed by atoms with E-state index in [9.17, 15) is 18.0 Å². The lowest BCUT2D eigenvalue weighted by Gasteiger charge is -2.28. The fourth-order valence-corrected chi connectivity index (χ4v) is 5.30. The molecular weight excluding hydrogens is 336 g/mol. The Bertz CT molecular complexity index is 887. The van der Waals surface area contributed by atoms with E-state index < -0.39 is 27.8 Å². The molecule has 0 saturated heterocycles. The summed E-state index contributed by atoms with van der Waals surface area (Å²) >= 11 is 1.16. The van der Waals surface area contributed by atoms with Crippen molar-refractivity contribution in [2.24, 2.45) is 0 Å². The van der Waals surface area contributed by atoms with Crippen molar-refractivity contribution in [3.8, 4) is 0 Å². The van der Waals surface area contributed by atoms with Gasteiger partial charge in [-0.3, -0.25) is 9.59 Å². The van der Waals surface area contributed by atoms with Crippen molar-refractivity contribution >= 4 is 38.9 Å². The van der Waals surface area contributed by atoms with Gasteiger partial charge in [0.25, 0.3) is 15.9 Å². The Hall–Kier alpha value is -2.19. The van der Waals surface area contributed by atoms with Crippen molar-refractivity contribution < 1.29 is 18.0 Å². The Labute approximate surface area is 137 Å². The minimum absolute atomic E-state index is 0.0373. The lowest BCUT2D eigenvalue weighted by molar-refractivity contribution is -0.132. The fourth-order valence-electron chi connectivity index (χ4n) is 2.44. The largest absolute Gasteiger partial charge is 0.325 e. The quantitative estimate of drug-likeness (QED) is 0.839. The number of rotatable bonds is 2. The summed E-state index contributed by atoms with van der Waals surface area (Å²) in [5.41, 5.74) is 0.552. The van der Waals surface area contributed by atoms with Crippen molar-refractivity contribution in [3.05, 3.63) is 46.2 Å². The SMILES string of the molecule is Cc1cc2c(s1)C(C(=O)Nc1ccccc1)C(=O)N(C)S2(=O)=O. The Kier molecular flexibility index (Phi) is 3.73. The number of aryl methyl sites for hydroxylation is 1. The molecule has 1 aromatic heterocycles. The van der Waals surface area contributed by atoms with Crippen LogP contribution in [0.3, 0.4) is 0 Å². The predicted octanol–water partition coefficient (Wildman–Crippen LogP) is 1.94. The summed E-state index contributed by atoms with van der Waals surface area (Å²) < 4.78 is 25.3. The number of carbonyl (C=O) groups excluding carboxylic acids is 2. The number of hydrogen-bond acceptors (Lipinski definition) is 5. The van der Waals surface area contributed by atoms with E-state index in [1.807, 2.05) is 6.07 Å². The van der Waals surface area contributed by atoms with E-state index in [4.69, 9.17) is 0 Å². The van der Waals surface area contributed by atoms with Crippen LogP contribution in [0.2, 0.25) is 0 Å². The second-order valence-electron chi connectivity index (χ2n) is 5.18. The molecule has 0 radical (unpaired) electrons. The van der Waals surface area contributed by atoms with Crippen LogP contribution in [0, 0.1) is 6.92 Å². The molecule has 1 aliphatic heterocycles. The average Bonchev–Trinajstić information content (AvgIpc) is 2.89. The topological polar surface area (TPSA) is 83.6 Å². The molecule has 6 nitrogen and oxygen atoms in total. The summed E-state index contributed by atoms with van der Waals surface area (Å²) in [5.74, 6) is -2.43. The average molecular weight is 350 g/mol. The molecule has 0 spiro atoms. The highest BCUT2D eigenvalue weighted by molar-refractivity contribution is 7.90. The van der Waals surface area contributed by atoms with Crippen LogP contribution in [0.5, 0.6) is 0 Å². The summed E-state index contributed by atoms with van der Waals surface area (Å²) in [5, 5.41) is 2.67. The van der Waals surface area contributed by atoms with Gasteiger partial charge in [-0.1, -0.05) is 18.2 Å². The number of nitrogens with zero attached hydrogens (tertiary/aromatic N) is 1. The lowest BCUT2D eigenvalue weighted by Crippen LogP contribution is -2.45. The Balaban J connectivity index is 2.04. The smallest absolute Gasteiger partial charge is 0.267 e. The fraction of sp³-hybridized carbons (Fsp3) is 0.200. The number of anilines is 1. The minimum Gasteiger partial charge on any atom is -0.325 e. The zero-order valence-electron chi connectivity index (χ0n) is 12.4. The Morgan fingerprint density at radius 2 is 1.91 bits per heavy atom. The molecule has 0 bridgehead atoms. The molecule has 120 valence electrons. The van der Waals surface area contributed by atoms with Crippen LogP contribution in [0.15, 0.2) is 41.3 Å². The molecule has 1 aromatic carbocycles. The van der Waals surface area contributed by atoms with Crippen LogP contribution in [0.25, 0.3) is 0 Å². The number of thiophene rings is 1. The first-order valence-corrected chi connectivity index (χ1v) is 9.07. The van der Waals surface area contributed by atoms with Gasteiger partial charge < -0.3 is 5.32 Å². The normalized spacial score (nSPS) is 19.3. The van der Waals surface area contributed by atoms with Gasteiger partial charge in [0.15, 0.2) is 5.92 Å². The Morgan fingerprint density at radius 3 is 2.57 bits per heavy atom. The first-order chi connectivity index (χ1) is 10.8. The number of hydrogen-bond donors (Lipinski definition) is 1. The highest BCUT2D eigenvalue weighted by Gasteiger charge is 2.46. The first kappa shape index (κ1) is 15.7. The third-order valence-corrected chi connectivity index (χ3v) is 6.65. The molecule has 0 saturated carbocycles. The van der Waals surface area contributed by atoms with E-state index in [1.54, 1.807) is 31.2 Å². The molecule has 8 heteroatoms. The van der Waals surface area contributed by atoms with Gasteiger partial charge in [-0.15, -0.1) is 11.3 Å². The van der Waals surface area contributed by atoms with Crippen molar-refractivity contribution in [2.45, 2.75) is 17.7 Å². The Morgan fingerprint density at radius 1 is 1.26 bits per heavy atom. The number of para-hydroxylation sites is 1. The van der Waals surface area contributed by atoms with E-state index >= 15 is 0 Å². The van der Waals surface area contributed by atoms with Gasteiger partial charge in [-0.25, -0.2) is 12.7 Å². The summed E-state index contributed by atoms with van der Waals surface area (Å²) in [6.45, 7) is 1.75. The van der Waals surface area contributed by atoms with Gasteiger partial charge in [-0.05, 0) is 25.1 Å². The molecule has 0 aliphatic carbocycles. The van der Waals surface area contributed by atoms with E-state index in [1.165, 1.54) is 13.1 Å². The van der Waals surface area contributed by atoms with Crippen molar-refractivity contribution in [3.63, 3.8) is 0 Å². The molecule has 2 heterocycles. The van der Waals surface area contributed by atoms with Crippen LogP contribution in [0.4, 0.5) is 5.69 Å². The van der Waals surface area contributed by atoms with E-state index in [-0.39, 0.29) is 9.77 Å². The predicted molar refractivity (Wildman–Crippen MR) is 86.8 cm³/mol. The van der Waals surface area contributed by atoms with Crippen LogP contribution in [-0.4, -0.2) is 31.6 Å². The summed E-state index contributed by atoms with van der Waals surface area (Å²) in [7, 11) is -2.70. The maximum Gasteiger partial charge on any atom is 0.267 e. The standard InChI is InChI=1S/C15H14N2O4S2/c1-9-8-11-13(22-9)12(15(19)17(2)23(11,20)21)14(18)16-10-6-4-3-5-7-10/h3-8,12H,1-2H3,(H,16,18). The van der Waals surface area contributed by atoms with Crippen molar-refractivity contribution in [1.82, 2.24) is 4.31 Å². The monoisotopic (exact) mass is 350 g/mol. The minimum atomic E-state index is -3.87. The molecular formula is C15H14N2O4S2. The molecule has 2 aromatic rings. The number of carbonyl (C=O) groups is 2. The molecule has 23 heavy (non-hydrogen) atoms. The molecule has 0 fully saturated rings. The molecule has 3 rings (SSSR count). The maximum absolute atomic E-state index is 12.6. The third-order valence-electron chi connectivity index (χ3n) is 3.61. The molecule has 1 atom stereocenters. The van der Waals surface area contributed by atoms with Gasteiger partial charge in [0, 0.05) is 22.5 Å². The third kappa shape index (κ3) is 2.53. The zero-order valence-corrected chi connectivity index (χ0v) is 14.1. The van der Waals surface area contributed by atoms with Crippen LogP contribution in [-0.2, 0) is 19.6 Å². The van der Waals surface area contributed by atoms with Crippen molar-refractivity contribution in [1.29, 1.82) is 0 Å². The number of fused-ring (bicyclic) bond motifs is 1. The van der Waals surface area contributed by atoms with E-state index in [0.717, 1.165) is 16.2 Å². The van der Waals surface area contributed by atoms with Crippen molar-refractivity contribution in [2.75, 3.05) is 12.4 Å². The van der Waals surface area contributed by atoms with Gasteiger partial charge in [0.1, 0.15) is 4.90 Å². The van der Waals surface area contributed by atoms with Crippen LogP contribution < -0.4 is 5.32 Å². The van der Waals surface area contributed by atoms with Gasteiger partial charge in [0.2, 0.25) is 5.91 Å². The highest BCUT2D eigenvalue weighted by atomic mass is 32.2. The number of amides is 2. The van der Waals surface area contributed by atoms with Gasteiger partial charge in [-0.2, -0.15) is 0 Å². The summed E-state index contributed by atoms with van der Waals surface area (Å²) in [6.07, 6.45) is 0. The van der Waals surface area contributed by atoms with Gasteiger partial charge >= 0.3 is 0 Å². The number of likely N-dealkylation sites (N-methyl/N-ethyl adjacent to an activating group) is 1. The van der Waals surface area contributed by atoms with Gasteiger partial charge in [0.05, 0.1) is 0 Å². The van der Waals surface area contributed by atoms with Crippen LogP contribution >= 0.6 is 11.3 Å². The maximum atomic E-state index is 12.6. The number of nitrogens with one attached hydrogen (secondary N) is 1. The highest BCUT2D eigenvalue weighted by Crippen LogP contribution is 2.40. The zero-order chi connectivity index (χ0) is 16.8. The molecule has 1 N–H and O–H groups in total. The number of sulfonamides is 1. The second kappa shape index (κ2) is 5.47. The molecule has 2 amide bonds. The lowest BCUT2D eigenvalue weighted by atomic mass is 10.1. The van der Waals surface area contributed by atoms with Crippen LogP contribution in [0.1, 0.15) is 15.7 Å². The van der Waals surface area contributed by atoms with E-state index in [2.05, 4.69) is 5.32 Å². The molecule has 1 unspecified atom stereocenters. The first-order valence-electron chi connectivity index (χ1n) is 6.81. The summed E-state index contributed by atoms with van der Waals surface area (Å²) in [6, 6.07) is 10.2.